The molecule has 2 aliphatic rings. The van der Waals surface area contributed by atoms with Crippen molar-refractivity contribution in [2.75, 3.05) is 13.1 Å². The van der Waals surface area contributed by atoms with Crippen LogP contribution in [0.25, 0.3) is 10.9 Å². The molecule has 0 bridgehead atoms. The maximum absolute atomic E-state index is 15.6. The molecule has 41 nitrogen and oxygen atoms in total. The Labute approximate surface area is 820 Å². The number of carboxylic acids is 2. The topological polar surface area (TPSA) is 655 Å². The minimum Gasteiger partial charge on any atom is -0.481 e. The molecule has 6 rings (SSSR count). The molecule has 14 amide bonds. The molecule has 1 aliphatic carbocycles. The minimum atomic E-state index is -2.10. The molecule has 3 aromatic carbocycles. The van der Waals surface area contributed by atoms with Crippen LogP contribution >= 0.6 is 0 Å². The van der Waals surface area contributed by atoms with E-state index in [1.54, 1.807) is 74.6 Å². The lowest BCUT2D eigenvalue weighted by Gasteiger charge is -2.35. The molecule has 1 aromatic heterocycles. The maximum Gasteiger partial charge on any atom is 0.335 e. The first-order valence-corrected chi connectivity index (χ1v) is 48.3. The highest BCUT2D eigenvalue weighted by Gasteiger charge is 2.45. The first kappa shape index (κ1) is 116. The van der Waals surface area contributed by atoms with Gasteiger partial charge in [-0.3, -0.25) is 95.9 Å². The molecule has 1 saturated carbocycles. The van der Waals surface area contributed by atoms with E-state index in [1.807, 2.05) is 12.2 Å². The highest BCUT2D eigenvalue weighted by atomic mass is 16.4. The van der Waals surface area contributed by atoms with Crippen molar-refractivity contribution in [3.63, 3.8) is 0 Å². The van der Waals surface area contributed by atoms with Gasteiger partial charge in [0.15, 0.2) is 5.78 Å². The third kappa shape index (κ3) is 37.7. The molecule has 2 heterocycles. The highest BCUT2D eigenvalue weighted by molar-refractivity contribution is 6.41. The summed E-state index contributed by atoms with van der Waals surface area (Å²) < 4.78 is 0. The van der Waals surface area contributed by atoms with Crippen LogP contribution in [0, 0.1) is 29.6 Å². The zero-order valence-electron chi connectivity index (χ0n) is 82.7. The van der Waals surface area contributed by atoms with E-state index in [0.29, 0.717) is 67.0 Å². The first-order valence-electron chi connectivity index (χ1n) is 48.3. The van der Waals surface area contributed by atoms with Gasteiger partial charge in [0.2, 0.25) is 106 Å². The summed E-state index contributed by atoms with van der Waals surface area (Å²) in [7, 11) is 0. The van der Waals surface area contributed by atoms with Crippen molar-refractivity contribution in [3.05, 3.63) is 119 Å². The quantitative estimate of drug-likeness (QED) is 0.0224. The Balaban J connectivity index is 1.40. The molecule has 772 valence electrons. The molecule has 41 heteroatoms. The number of allylic oxidation sites excluding steroid dienone is 2. The Hall–Kier alpha value is -13.3. The number of amides is 14. The summed E-state index contributed by atoms with van der Waals surface area (Å²) in [5, 5.41) is 69.1. The van der Waals surface area contributed by atoms with Gasteiger partial charge in [-0.05, 0) is 186 Å². The fourth-order valence-corrected chi connectivity index (χ4v) is 16.3. The molecule has 0 saturated heterocycles. The average molecular weight is 1970 g/mol. The van der Waals surface area contributed by atoms with Crippen LogP contribution in [-0.2, 0) is 115 Å². The van der Waals surface area contributed by atoms with Crippen molar-refractivity contribution >= 4 is 134 Å². The number of primary amides is 2. The summed E-state index contributed by atoms with van der Waals surface area (Å²) in [4.78, 5) is 297. The summed E-state index contributed by atoms with van der Waals surface area (Å²) in [5.74, 6) is -23.6. The largest absolute Gasteiger partial charge is 0.481 e. The number of aromatic amines is 1. The average Bonchev–Trinajstić information content (AvgIpc) is 1.68. The number of aliphatic hydroxyl groups is 1. The molecule has 1 fully saturated rings. The number of aliphatic hydroxyl groups excluding tert-OH is 1. The van der Waals surface area contributed by atoms with Crippen LogP contribution in [0.2, 0.25) is 0 Å². The number of aromatic carboxylic acids is 1. The van der Waals surface area contributed by atoms with Crippen molar-refractivity contribution in [3.8, 4) is 0 Å². The molecule has 3 unspecified atom stereocenters. The molecule has 0 radical (unpaired) electrons. The normalized spacial score (nSPS) is 22.4. The first-order chi connectivity index (χ1) is 66.4. The molecule has 1 aliphatic heterocycles. The van der Waals surface area contributed by atoms with Gasteiger partial charge >= 0.3 is 11.9 Å². The number of carbonyl (C=O) groups excluding carboxylic acids is 19. The van der Waals surface area contributed by atoms with Gasteiger partial charge in [-0.1, -0.05) is 132 Å². The van der Waals surface area contributed by atoms with Gasteiger partial charge in [0.1, 0.15) is 53.4 Å². The van der Waals surface area contributed by atoms with Crippen LogP contribution in [0.15, 0.2) is 97.2 Å². The number of benzene rings is 3. The third-order valence-electron chi connectivity index (χ3n) is 25.4. The van der Waals surface area contributed by atoms with Crippen molar-refractivity contribution in [1.82, 2.24) is 79.4 Å². The zero-order valence-corrected chi connectivity index (χ0v) is 82.7. The number of aromatic nitrogens is 1. The van der Waals surface area contributed by atoms with Gasteiger partial charge in [-0.15, -0.1) is 0 Å². The van der Waals surface area contributed by atoms with E-state index in [4.69, 9.17) is 11.5 Å². The number of para-hydroxylation sites is 1. The van der Waals surface area contributed by atoms with Gasteiger partial charge < -0.3 is 106 Å². The third-order valence-corrected chi connectivity index (χ3v) is 25.4. The Morgan fingerprint density at radius 1 is 0.539 bits per heavy atom. The molecular weight excluding hydrogens is 1820 g/mol. The maximum atomic E-state index is 15.6. The van der Waals surface area contributed by atoms with E-state index in [9.17, 15) is 82.4 Å². The Bertz CT molecular complexity index is 5130. The SMILES string of the molecule is CC(=O)N[C@@H](CC(C)C)C(=O)N[C@H](C(=O)N[C@@H](Cc1ccccc1)C(=O)N[C@]1(C)CCCCCC/C=C/CCC[C@@](C)(C(=O)NC(C)C(=O)N[C@@H](C)C(=O)NC(C)C(=O)N[C@@H](C)C(=O)C(=O)[C@H](C)NC[C@H](C)C(N)=O)NC(=O)[C@H](CC2CCC2)CN[C@@H](CCC(N)=O)C(=O)C(=O)C(C)NC(=O)[C@H](Cc2c[nH]c3ccccc23)CC(=O)[C@H](Cc2ccc(C(=O)O)cc2)NC(=O)[C@H](CCC(=O)O)NC1=O)[C@@H](C)O. The number of carbonyl (C=O) groups is 21. The molecule has 22 N–H and O–H groups in total. The molecular formula is C100H143N17O24. The minimum absolute atomic E-state index is 0.00490. The smallest absolute Gasteiger partial charge is 0.335 e. The second-order valence-corrected chi connectivity index (χ2v) is 38.2. The number of H-pyrrole nitrogens is 1. The van der Waals surface area contributed by atoms with Gasteiger partial charge in [0, 0.05) is 74.6 Å². The molecule has 141 heavy (non-hydrogen) atoms. The number of hydrogen-bond donors (Lipinski definition) is 20. The van der Waals surface area contributed by atoms with Crippen molar-refractivity contribution in [2.45, 2.75) is 321 Å². The number of fused-ring (bicyclic) bond motifs is 1. The number of carboxylic acid groups (broad SMARTS) is 2. The van der Waals surface area contributed by atoms with Crippen LogP contribution < -0.4 is 85.9 Å². The molecule has 4 aromatic rings. The monoisotopic (exact) mass is 1970 g/mol. The number of Topliss-reactive ketones (excluding diaryl/α,β-unsaturated/α-hetero) is 5. The molecule has 0 spiro atoms. The van der Waals surface area contributed by atoms with E-state index >= 15 is 33.6 Å². The van der Waals surface area contributed by atoms with Crippen LogP contribution in [0.1, 0.15) is 239 Å². The second-order valence-electron chi connectivity index (χ2n) is 38.2. The number of nitrogens with two attached hydrogens (primary N) is 2. The number of rotatable bonds is 40. The standard InChI is InChI=1S/C100H143N17O24/c1-54(2)45-76(111-63(11)119)93(135)115-81(62(10)118)95(137)113-77(48-65-29-22-21-23-30-65)94(136)117-100(13)44-27-20-18-16-14-15-17-19-26-43-99(12,97(140)110-61(9)89(131)109-60(8)88(130)108-59(7)87(129)106-57(5)83(125)82(124)56(4)103-51-55(3)86(102)128)116-91(133)70(46-64-31-28-32-64)53-105-73(39-41-79(101)121)85(127)84(126)58(6)107-90(132)68(49-69-52-104-72-34-25-24-33-71(69)72)50-78(120)75(47-66-35-37-67(38-36-66)96(138)139)112-92(134)74(114-98(100)141)40-42-80(122)123/h15,17,21-25,29-30,33-38,52,54-62,64,68,70,73-77,81,103-105,118H,14,16,18-20,26-28,31-32,39-51,53H2,1-13H3,(H2,101,121)(H2,102,128)(H,106,129)(H,107,132)(H,108,130)(H,109,131)(H,110,140)(H,111,119)(H,112,134)(H,113,137)(H,114,141)(H,115,135)(H,116,133)(H,117,136)(H,122,123)(H,138,139)/b17-15+/t55-,56-,57-,58?,59?,60-,61?,62+,68+,70+,73-,74-,75-,76-,77-,81-,99-,100+/m0/s1. The predicted octanol–water partition coefficient (Wildman–Crippen LogP) is 1.96. The van der Waals surface area contributed by atoms with E-state index in [0.717, 1.165) is 6.42 Å². The van der Waals surface area contributed by atoms with Gasteiger partial charge in [-0.2, -0.15) is 0 Å². The van der Waals surface area contributed by atoms with Crippen LogP contribution in [0.4, 0.5) is 0 Å². The summed E-state index contributed by atoms with van der Waals surface area (Å²) in [6.07, 6.45) is 4.50. The lowest BCUT2D eigenvalue weighted by Crippen LogP contribution is -2.65. The second kappa shape index (κ2) is 56.2. The summed E-state index contributed by atoms with van der Waals surface area (Å²) in [6, 6.07) is 2.63. The van der Waals surface area contributed by atoms with E-state index < -0.39 is 270 Å². The number of aliphatic carboxylic acids is 1. The Morgan fingerprint density at radius 3 is 1.72 bits per heavy atom. The number of hydrogen-bond acceptors (Lipinski definition) is 24. The van der Waals surface area contributed by atoms with E-state index in [-0.39, 0.29) is 87.4 Å². The van der Waals surface area contributed by atoms with E-state index in [2.05, 4.69) is 79.4 Å². The highest BCUT2D eigenvalue weighted by Crippen LogP contribution is 2.34. The van der Waals surface area contributed by atoms with Crippen LogP contribution in [0.5, 0.6) is 0 Å². The predicted molar refractivity (Wildman–Crippen MR) is 519 cm³/mol. The zero-order chi connectivity index (χ0) is 105. The fourth-order valence-electron chi connectivity index (χ4n) is 16.3. The Kier molecular flexibility index (Phi) is 46.4. The van der Waals surface area contributed by atoms with Crippen LogP contribution in [-0.4, -0.2) is 247 Å². The fraction of sp³-hybridized carbons (Fsp3) is 0.570. The van der Waals surface area contributed by atoms with Crippen molar-refractivity contribution in [2.24, 2.45) is 41.1 Å². The van der Waals surface area contributed by atoms with Crippen molar-refractivity contribution in [1.29, 1.82) is 0 Å². The van der Waals surface area contributed by atoms with Crippen LogP contribution in [0.3, 0.4) is 0 Å². The number of ketones is 5. The summed E-state index contributed by atoms with van der Waals surface area (Å²) in [6.45, 7) is 17.7. The van der Waals surface area contributed by atoms with E-state index in [1.165, 1.54) is 100 Å². The Morgan fingerprint density at radius 2 is 1.13 bits per heavy atom. The van der Waals surface area contributed by atoms with Gasteiger partial charge in [0.25, 0.3) is 0 Å². The van der Waals surface area contributed by atoms with Crippen molar-refractivity contribution < 1.29 is 116 Å². The molecule has 18 atom stereocenters. The summed E-state index contributed by atoms with van der Waals surface area (Å²) >= 11 is 0. The summed E-state index contributed by atoms with van der Waals surface area (Å²) in [5.41, 5.74) is 8.70. The van der Waals surface area contributed by atoms with Gasteiger partial charge in [0.05, 0.1) is 47.8 Å². The lowest BCUT2D eigenvalue weighted by atomic mass is 9.78. The lowest BCUT2D eigenvalue weighted by molar-refractivity contribution is -0.141. The number of nitrogens with one attached hydrogen (secondary N) is 15. The van der Waals surface area contributed by atoms with Gasteiger partial charge in [-0.25, -0.2) is 4.79 Å².